The first kappa shape index (κ1) is 18.4. The molecule has 1 atom stereocenters. The molecule has 0 saturated carbocycles. The van der Waals surface area contributed by atoms with E-state index in [1.807, 2.05) is 30.3 Å². The lowest BCUT2D eigenvalue weighted by atomic mass is 10.1. The Morgan fingerprint density at radius 3 is 2.40 bits per heavy atom. The van der Waals surface area contributed by atoms with Crippen molar-refractivity contribution in [3.8, 4) is 0 Å². The van der Waals surface area contributed by atoms with Crippen molar-refractivity contribution in [3.63, 3.8) is 0 Å². The van der Waals surface area contributed by atoms with Gasteiger partial charge in [-0.25, -0.2) is 0 Å². The number of benzene rings is 1. The summed E-state index contributed by atoms with van der Waals surface area (Å²) in [5.41, 5.74) is 6.84. The summed E-state index contributed by atoms with van der Waals surface area (Å²) in [6, 6.07) is 9.02. The Morgan fingerprint density at radius 2 is 1.85 bits per heavy atom. The van der Waals surface area contributed by atoms with E-state index in [1.165, 1.54) is 4.90 Å². The molecular formula is C14H22ClN3O2. The van der Waals surface area contributed by atoms with Crippen LogP contribution in [0.25, 0.3) is 0 Å². The maximum Gasteiger partial charge on any atom is 0.237 e. The lowest BCUT2D eigenvalue weighted by molar-refractivity contribution is -0.128. The smallest absolute Gasteiger partial charge is 0.237 e. The first-order valence-electron chi connectivity index (χ1n) is 6.28. The molecule has 0 radical (unpaired) electrons. The number of amides is 2. The minimum absolute atomic E-state index is 0. The summed E-state index contributed by atoms with van der Waals surface area (Å²) < 4.78 is 0. The van der Waals surface area contributed by atoms with Gasteiger partial charge in [0.1, 0.15) is 0 Å². The molecule has 0 aliphatic heterocycles. The Balaban J connectivity index is 0.00000361. The fourth-order valence-electron chi connectivity index (χ4n) is 1.61. The van der Waals surface area contributed by atoms with E-state index in [9.17, 15) is 9.59 Å². The van der Waals surface area contributed by atoms with Crippen molar-refractivity contribution in [3.05, 3.63) is 35.9 Å². The number of nitrogens with zero attached hydrogens (tertiary/aromatic N) is 1. The minimum Gasteiger partial charge on any atom is -0.354 e. The number of nitrogens with one attached hydrogen (secondary N) is 1. The van der Waals surface area contributed by atoms with Crippen molar-refractivity contribution in [2.24, 2.45) is 5.73 Å². The van der Waals surface area contributed by atoms with Crippen LogP contribution >= 0.6 is 12.4 Å². The van der Waals surface area contributed by atoms with Crippen LogP contribution < -0.4 is 11.1 Å². The van der Waals surface area contributed by atoms with E-state index < -0.39 is 6.04 Å². The third-order valence-electron chi connectivity index (χ3n) is 2.77. The Bertz CT molecular complexity index is 424. The van der Waals surface area contributed by atoms with E-state index in [0.29, 0.717) is 13.0 Å². The SMILES string of the molecule is CN(C)C(=O)CCNC(=O)[C@@H](N)Cc1ccccc1.Cl. The van der Waals surface area contributed by atoms with Gasteiger partial charge in [-0.05, 0) is 12.0 Å². The zero-order valence-corrected chi connectivity index (χ0v) is 12.7. The van der Waals surface area contributed by atoms with E-state index in [1.54, 1.807) is 14.1 Å². The summed E-state index contributed by atoms with van der Waals surface area (Å²) in [5.74, 6) is -0.243. The van der Waals surface area contributed by atoms with Crippen LogP contribution in [0.1, 0.15) is 12.0 Å². The van der Waals surface area contributed by atoms with E-state index in [2.05, 4.69) is 5.32 Å². The van der Waals surface area contributed by atoms with Gasteiger partial charge in [-0.3, -0.25) is 9.59 Å². The Labute approximate surface area is 125 Å². The van der Waals surface area contributed by atoms with Crippen molar-refractivity contribution in [2.45, 2.75) is 18.9 Å². The first-order valence-corrected chi connectivity index (χ1v) is 6.28. The van der Waals surface area contributed by atoms with Crippen molar-refractivity contribution in [1.29, 1.82) is 0 Å². The topological polar surface area (TPSA) is 75.4 Å². The fraction of sp³-hybridized carbons (Fsp3) is 0.429. The highest BCUT2D eigenvalue weighted by Crippen LogP contribution is 2.01. The minimum atomic E-state index is -0.586. The van der Waals surface area contributed by atoms with Crippen LogP contribution in [0.2, 0.25) is 0 Å². The zero-order chi connectivity index (χ0) is 14.3. The molecule has 0 bridgehead atoms. The normalized spacial score (nSPS) is 11.2. The first-order chi connectivity index (χ1) is 9.00. The van der Waals surface area contributed by atoms with Gasteiger partial charge in [0.05, 0.1) is 6.04 Å². The predicted molar refractivity (Wildman–Crippen MR) is 81.7 cm³/mol. The molecule has 0 aromatic heterocycles. The molecule has 2 amide bonds. The Morgan fingerprint density at radius 1 is 1.25 bits per heavy atom. The molecule has 1 aromatic carbocycles. The molecule has 0 spiro atoms. The van der Waals surface area contributed by atoms with Crippen molar-refractivity contribution < 1.29 is 9.59 Å². The lowest BCUT2D eigenvalue weighted by Crippen LogP contribution is -2.43. The molecular weight excluding hydrogens is 278 g/mol. The molecule has 6 heteroatoms. The third kappa shape index (κ3) is 6.54. The molecule has 112 valence electrons. The number of halogens is 1. The zero-order valence-electron chi connectivity index (χ0n) is 11.8. The number of rotatable bonds is 6. The number of hydrogen-bond acceptors (Lipinski definition) is 3. The van der Waals surface area contributed by atoms with E-state index in [4.69, 9.17) is 5.73 Å². The van der Waals surface area contributed by atoms with Crippen LogP contribution in [0.4, 0.5) is 0 Å². The number of carbonyl (C=O) groups is 2. The van der Waals surface area contributed by atoms with E-state index >= 15 is 0 Å². The van der Waals surface area contributed by atoms with Gasteiger partial charge < -0.3 is 16.0 Å². The van der Waals surface area contributed by atoms with Crippen LogP contribution in [0.15, 0.2) is 30.3 Å². The van der Waals surface area contributed by atoms with E-state index in [-0.39, 0.29) is 30.6 Å². The molecule has 0 saturated heterocycles. The molecule has 3 N–H and O–H groups in total. The molecule has 1 rings (SSSR count). The van der Waals surface area contributed by atoms with Crippen LogP contribution in [0, 0.1) is 0 Å². The van der Waals surface area contributed by atoms with Gasteiger partial charge in [0.15, 0.2) is 0 Å². The summed E-state index contributed by atoms with van der Waals surface area (Å²) in [4.78, 5) is 24.6. The summed E-state index contributed by atoms with van der Waals surface area (Å²) in [7, 11) is 3.37. The second-order valence-corrected chi connectivity index (χ2v) is 4.63. The molecule has 0 unspecified atom stereocenters. The molecule has 0 fully saturated rings. The lowest BCUT2D eigenvalue weighted by Gasteiger charge is -2.13. The number of nitrogens with two attached hydrogens (primary N) is 1. The van der Waals surface area contributed by atoms with Crippen LogP contribution in [-0.4, -0.2) is 43.4 Å². The van der Waals surface area contributed by atoms with Gasteiger partial charge in [0.25, 0.3) is 0 Å². The summed E-state index contributed by atoms with van der Waals surface area (Å²) in [5, 5.41) is 2.68. The predicted octanol–water partition coefficient (Wildman–Crippen LogP) is 0.573. The quantitative estimate of drug-likeness (QED) is 0.806. The molecule has 1 aromatic rings. The molecule has 0 aliphatic carbocycles. The van der Waals surface area contributed by atoms with Crippen LogP contribution in [0.3, 0.4) is 0 Å². The summed E-state index contributed by atoms with van der Waals surface area (Å²) >= 11 is 0. The van der Waals surface area contributed by atoms with Gasteiger partial charge in [-0.1, -0.05) is 30.3 Å². The average Bonchev–Trinajstić information content (AvgIpc) is 2.39. The second kappa shape index (κ2) is 9.34. The highest BCUT2D eigenvalue weighted by atomic mass is 35.5. The van der Waals surface area contributed by atoms with Gasteiger partial charge in [0, 0.05) is 27.1 Å². The number of hydrogen-bond donors (Lipinski definition) is 2. The largest absolute Gasteiger partial charge is 0.354 e. The van der Waals surface area contributed by atoms with Gasteiger partial charge in [0.2, 0.25) is 11.8 Å². The third-order valence-corrected chi connectivity index (χ3v) is 2.77. The highest BCUT2D eigenvalue weighted by molar-refractivity contribution is 5.85. The Hall–Kier alpha value is -1.59. The molecule has 5 nitrogen and oxygen atoms in total. The highest BCUT2D eigenvalue weighted by Gasteiger charge is 2.14. The van der Waals surface area contributed by atoms with Crippen LogP contribution in [0.5, 0.6) is 0 Å². The van der Waals surface area contributed by atoms with Gasteiger partial charge in [-0.15, -0.1) is 12.4 Å². The summed E-state index contributed by atoms with van der Waals surface area (Å²) in [6.45, 7) is 0.318. The second-order valence-electron chi connectivity index (χ2n) is 4.63. The number of carbonyl (C=O) groups excluding carboxylic acids is 2. The molecule has 20 heavy (non-hydrogen) atoms. The van der Waals surface area contributed by atoms with Crippen molar-refractivity contribution in [1.82, 2.24) is 10.2 Å². The fourth-order valence-corrected chi connectivity index (χ4v) is 1.61. The average molecular weight is 300 g/mol. The monoisotopic (exact) mass is 299 g/mol. The van der Waals surface area contributed by atoms with Crippen molar-refractivity contribution in [2.75, 3.05) is 20.6 Å². The standard InChI is InChI=1S/C14H21N3O2.ClH/c1-17(2)13(18)8-9-16-14(19)12(15)10-11-6-4-3-5-7-11;/h3-7,12H,8-10,15H2,1-2H3,(H,16,19);1H/t12-;/m0./s1. The van der Waals surface area contributed by atoms with E-state index in [0.717, 1.165) is 5.56 Å². The maximum absolute atomic E-state index is 11.7. The van der Waals surface area contributed by atoms with Gasteiger partial charge in [-0.2, -0.15) is 0 Å². The molecule has 0 aliphatic rings. The molecule has 0 heterocycles. The summed E-state index contributed by atoms with van der Waals surface area (Å²) in [6.07, 6.45) is 0.783. The van der Waals surface area contributed by atoms with Gasteiger partial charge >= 0.3 is 0 Å². The van der Waals surface area contributed by atoms with Crippen LogP contribution in [-0.2, 0) is 16.0 Å². The Kier molecular flexibility index (Phi) is 8.59. The van der Waals surface area contributed by atoms with Crippen molar-refractivity contribution >= 4 is 24.2 Å². The maximum atomic E-state index is 11.7.